The molecule has 3 aromatic rings. The van der Waals surface area contributed by atoms with Crippen LogP contribution in [0.25, 0.3) is 11.2 Å². The summed E-state index contributed by atoms with van der Waals surface area (Å²) in [4.78, 5) is 15.6. The van der Waals surface area contributed by atoms with Crippen LogP contribution in [-0.4, -0.2) is 19.9 Å². The average Bonchev–Trinajstić information content (AvgIpc) is 3.00. The van der Waals surface area contributed by atoms with Crippen molar-refractivity contribution < 1.29 is 5.11 Å². The van der Waals surface area contributed by atoms with Crippen LogP contribution in [0.15, 0.2) is 24.8 Å². The molecule has 2 heterocycles. The molecular weight excluding hydrogens is 326 g/mol. The third kappa shape index (κ3) is 3.49. The molecule has 0 amide bonds. The van der Waals surface area contributed by atoms with Crippen molar-refractivity contribution in [1.82, 2.24) is 19.9 Å². The van der Waals surface area contributed by atoms with Gasteiger partial charge in [0.15, 0.2) is 17.2 Å². The fourth-order valence-corrected chi connectivity index (χ4v) is 2.99. The highest BCUT2D eigenvalue weighted by Crippen LogP contribution is 2.40. The highest BCUT2D eigenvalue weighted by Gasteiger charge is 2.27. The summed E-state index contributed by atoms with van der Waals surface area (Å²) in [5, 5.41) is 16.3. The monoisotopic (exact) mass is 352 g/mol. The number of imidazole rings is 1. The molecule has 0 saturated carbocycles. The van der Waals surface area contributed by atoms with Gasteiger partial charge in [0.1, 0.15) is 11.8 Å². The molecule has 0 saturated heterocycles. The summed E-state index contributed by atoms with van der Waals surface area (Å²) in [6.45, 7) is 13.0. The summed E-state index contributed by atoms with van der Waals surface area (Å²) in [6, 6.07) is 4.02. The van der Waals surface area contributed by atoms with Crippen molar-refractivity contribution >= 4 is 17.0 Å². The molecule has 3 rings (SSSR count). The molecule has 0 spiro atoms. The molecule has 6 heteroatoms. The minimum absolute atomic E-state index is 0.145. The summed E-state index contributed by atoms with van der Waals surface area (Å²) in [7, 11) is 0. The molecule has 0 fully saturated rings. The van der Waals surface area contributed by atoms with E-state index in [1.807, 2.05) is 12.1 Å². The van der Waals surface area contributed by atoms with Gasteiger partial charge in [-0.25, -0.2) is 15.0 Å². The third-order valence-corrected chi connectivity index (χ3v) is 4.45. The van der Waals surface area contributed by atoms with Crippen molar-refractivity contribution in [3.63, 3.8) is 0 Å². The molecule has 0 unspecified atom stereocenters. The summed E-state index contributed by atoms with van der Waals surface area (Å²) in [5.74, 6) is 0.847. The fraction of sp³-hybridized carbons (Fsp3) is 0.450. The van der Waals surface area contributed by atoms with Gasteiger partial charge in [0, 0.05) is 17.7 Å². The van der Waals surface area contributed by atoms with Gasteiger partial charge in [0.05, 0.1) is 6.33 Å². The SMILES string of the molecule is CC(C)(C)c1cc(CNc2ncnc3nc[nH]c23)cc(C(C)(C)C)c1[O]. The molecule has 6 nitrogen and oxygen atoms in total. The summed E-state index contributed by atoms with van der Waals surface area (Å²) in [6.07, 6.45) is 3.10. The quantitative estimate of drug-likeness (QED) is 0.715. The molecule has 137 valence electrons. The van der Waals surface area contributed by atoms with E-state index in [0.717, 1.165) is 22.2 Å². The van der Waals surface area contributed by atoms with Gasteiger partial charge < -0.3 is 10.3 Å². The predicted molar refractivity (Wildman–Crippen MR) is 103 cm³/mol. The average molecular weight is 352 g/mol. The van der Waals surface area contributed by atoms with E-state index in [-0.39, 0.29) is 16.6 Å². The Morgan fingerprint density at radius 2 is 1.58 bits per heavy atom. The zero-order chi connectivity index (χ0) is 19.1. The second kappa shape index (κ2) is 6.27. The molecule has 2 aromatic heterocycles. The number of fused-ring (bicyclic) bond motifs is 1. The van der Waals surface area contributed by atoms with E-state index in [1.165, 1.54) is 6.33 Å². The second-order valence-corrected chi connectivity index (χ2v) is 8.70. The van der Waals surface area contributed by atoms with Gasteiger partial charge in [-0.05, 0) is 28.5 Å². The van der Waals surface area contributed by atoms with Crippen molar-refractivity contribution in [3.8, 4) is 5.75 Å². The molecule has 1 radical (unpaired) electrons. The molecule has 0 atom stereocenters. The number of benzene rings is 1. The van der Waals surface area contributed by atoms with E-state index in [4.69, 9.17) is 0 Å². The van der Waals surface area contributed by atoms with Gasteiger partial charge in [-0.2, -0.15) is 0 Å². The Kier molecular flexibility index (Phi) is 4.38. The van der Waals surface area contributed by atoms with Crippen molar-refractivity contribution in [2.24, 2.45) is 0 Å². The molecule has 0 aliphatic carbocycles. The summed E-state index contributed by atoms with van der Waals surface area (Å²) in [5.41, 5.74) is 3.73. The van der Waals surface area contributed by atoms with E-state index in [1.54, 1.807) is 6.33 Å². The van der Waals surface area contributed by atoms with Crippen LogP contribution in [0.3, 0.4) is 0 Å². The van der Waals surface area contributed by atoms with Crippen LogP contribution in [0.5, 0.6) is 5.75 Å². The van der Waals surface area contributed by atoms with Crippen LogP contribution in [0.1, 0.15) is 58.2 Å². The number of hydrogen-bond acceptors (Lipinski definition) is 4. The van der Waals surface area contributed by atoms with Crippen LogP contribution in [0, 0.1) is 0 Å². The van der Waals surface area contributed by atoms with E-state index in [9.17, 15) is 5.11 Å². The smallest absolute Gasteiger partial charge is 0.186 e. The summed E-state index contributed by atoms with van der Waals surface area (Å²) >= 11 is 0. The maximum atomic E-state index is 13.0. The predicted octanol–water partition coefficient (Wildman–Crippen LogP) is 4.70. The zero-order valence-electron chi connectivity index (χ0n) is 16.3. The molecule has 2 N–H and O–H groups in total. The van der Waals surface area contributed by atoms with Gasteiger partial charge in [0.2, 0.25) is 0 Å². The first kappa shape index (κ1) is 18.2. The number of anilines is 1. The van der Waals surface area contributed by atoms with E-state index in [2.05, 4.69) is 66.8 Å². The largest absolute Gasteiger partial charge is 0.364 e. The number of nitrogens with one attached hydrogen (secondary N) is 2. The van der Waals surface area contributed by atoms with Gasteiger partial charge in [-0.3, -0.25) is 5.11 Å². The lowest BCUT2D eigenvalue weighted by Crippen LogP contribution is -2.18. The van der Waals surface area contributed by atoms with Gasteiger partial charge in [-0.1, -0.05) is 41.5 Å². The molecule has 0 aliphatic heterocycles. The first-order chi connectivity index (χ1) is 12.1. The number of nitrogens with zero attached hydrogens (tertiary/aromatic N) is 3. The summed E-state index contributed by atoms with van der Waals surface area (Å²) < 4.78 is 0. The Balaban J connectivity index is 1.98. The first-order valence-corrected chi connectivity index (χ1v) is 8.80. The number of rotatable bonds is 3. The van der Waals surface area contributed by atoms with Crippen molar-refractivity contribution in [2.45, 2.75) is 58.9 Å². The Hall–Kier alpha value is -2.63. The van der Waals surface area contributed by atoms with Crippen LogP contribution in [-0.2, 0) is 22.5 Å². The van der Waals surface area contributed by atoms with Crippen LogP contribution in [0.4, 0.5) is 5.82 Å². The standard InChI is InChI=1S/C20H26N5O/c1-19(2,3)13-7-12(8-14(16(13)26)20(4,5)6)9-21-17-15-18(23-10-22-15)25-11-24-17/h7-8,10-11H,9H2,1-6H3,(H2,21,22,23,24,25). The Morgan fingerprint density at radius 3 is 2.15 bits per heavy atom. The van der Waals surface area contributed by atoms with Gasteiger partial charge in [-0.15, -0.1) is 0 Å². The highest BCUT2D eigenvalue weighted by molar-refractivity contribution is 5.81. The lowest BCUT2D eigenvalue weighted by molar-refractivity contribution is 0.327. The normalized spacial score (nSPS) is 12.5. The highest BCUT2D eigenvalue weighted by atomic mass is 16.3. The number of aromatic amines is 1. The zero-order valence-corrected chi connectivity index (χ0v) is 16.3. The van der Waals surface area contributed by atoms with Crippen LogP contribution < -0.4 is 5.32 Å². The first-order valence-electron chi connectivity index (χ1n) is 8.80. The van der Waals surface area contributed by atoms with E-state index < -0.39 is 0 Å². The lowest BCUT2D eigenvalue weighted by Gasteiger charge is -2.27. The maximum Gasteiger partial charge on any atom is 0.186 e. The topological polar surface area (TPSA) is 86.4 Å². The Bertz CT molecular complexity index is 896. The minimum atomic E-state index is -0.210. The van der Waals surface area contributed by atoms with Crippen molar-refractivity contribution in [1.29, 1.82) is 0 Å². The van der Waals surface area contributed by atoms with Crippen molar-refractivity contribution in [3.05, 3.63) is 41.5 Å². The molecule has 1 aromatic carbocycles. The maximum absolute atomic E-state index is 13.0. The van der Waals surface area contributed by atoms with Crippen LogP contribution >= 0.6 is 0 Å². The molecule has 26 heavy (non-hydrogen) atoms. The molecular formula is C20H26N5O. The second-order valence-electron chi connectivity index (χ2n) is 8.70. The molecule has 0 bridgehead atoms. The number of H-pyrrole nitrogens is 1. The van der Waals surface area contributed by atoms with Crippen molar-refractivity contribution in [2.75, 3.05) is 5.32 Å². The Morgan fingerprint density at radius 1 is 0.962 bits per heavy atom. The minimum Gasteiger partial charge on any atom is -0.364 e. The van der Waals surface area contributed by atoms with Gasteiger partial charge in [0.25, 0.3) is 0 Å². The Labute approximate surface area is 154 Å². The molecule has 0 aliphatic rings. The third-order valence-electron chi connectivity index (χ3n) is 4.45. The van der Waals surface area contributed by atoms with Crippen LogP contribution in [0.2, 0.25) is 0 Å². The van der Waals surface area contributed by atoms with Gasteiger partial charge >= 0.3 is 0 Å². The fourth-order valence-electron chi connectivity index (χ4n) is 2.99. The lowest BCUT2D eigenvalue weighted by atomic mass is 9.78. The number of aromatic nitrogens is 4. The van der Waals surface area contributed by atoms with E-state index >= 15 is 0 Å². The van der Waals surface area contributed by atoms with E-state index in [0.29, 0.717) is 18.0 Å². The number of hydrogen-bond donors (Lipinski definition) is 2.